The van der Waals surface area contributed by atoms with Crippen LogP contribution in [0, 0.1) is 6.92 Å². The molecule has 1 aromatic rings. The van der Waals surface area contributed by atoms with Gasteiger partial charge in [0.25, 0.3) is 0 Å². The highest BCUT2D eigenvalue weighted by molar-refractivity contribution is 5.49. The van der Waals surface area contributed by atoms with E-state index < -0.39 is 0 Å². The minimum absolute atomic E-state index is 0.356. The van der Waals surface area contributed by atoms with Crippen LogP contribution < -0.4 is 14.8 Å². The van der Waals surface area contributed by atoms with Crippen molar-refractivity contribution in [1.29, 1.82) is 0 Å². The highest BCUT2D eigenvalue weighted by Crippen LogP contribution is 2.38. The molecule has 2 rings (SSSR count). The largest absolute Gasteiger partial charge is 0.496 e. The highest BCUT2D eigenvalue weighted by Gasteiger charge is 2.22. The van der Waals surface area contributed by atoms with Crippen LogP contribution in [0.2, 0.25) is 0 Å². The quantitative estimate of drug-likeness (QED) is 0.874. The van der Waals surface area contributed by atoms with Gasteiger partial charge in [0.1, 0.15) is 11.5 Å². The standard InChI is InChI=1S/C14H21NO2/c1-10-8-12(16-2)14(13(9-10)17-3)11-6-4-5-7-15-11/h8-9,11,15H,4-7H2,1-3H3. The molecule has 0 aliphatic carbocycles. The topological polar surface area (TPSA) is 30.5 Å². The fourth-order valence-corrected chi connectivity index (χ4v) is 2.51. The number of rotatable bonds is 3. The molecular weight excluding hydrogens is 214 g/mol. The second-order valence-electron chi connectivity index (χ2n) is 4.59. The monoisotopic (exact) mass is 235 g/mol. The van der Waals surface area contributed by atoms with Crippen molar-refractivity contribution < 1.29 is 9.47 Å². The number of methoxy groups -OCH3 is 2. The van der Waals surface area contributed by atoms with Crippen LogP contribution in [-0.2, 0) is 0 Å². The molecule has 0 spiro atoms. The van der Waals surface area contributed by atoms with Gasteiger partial charge in [-0.05, 0) is 44.0 Å². The average molecular weight is 235 g/mol. The van der Waals surface area contributed by atoms with E-state index in [1.54, 1.807) is 14.2 Å². The Kier molecular flexibility index (Phi) is 3.89. The van der Waals surface area contributed by atoms with Gasteiger partial charge >= 0.3 is 0 Å². The van der Waals surface area contributed by atoms with E-state index in [0.29, 0.717) is 6.04 Å². The zero-order valence-electron chi connectivity index (χ0n) is 10.9. The van der Waals surface area contributed by atoms with Gasteiger partial charge in [0, 0.05) is 6.04 Å². The van der Waals surface area contributed by atoms with E-state index in [1.165, 1.54) is 24.0 Å². The van der Waals surface area contributed by atoms with Crippen LogP contribution >= 0.6 is 0 Å². The molecule has 0 bridgehead atoms. The van der Waals surface area contributed by atoms with Crippen molar-refractivity contribution >= 4 is 0 Å². The van der Waals surface area contributed by atoms with E-state index in [1.807, 2.05) is 0 Å². The molecule has 1 saturated heterocycles. The Balaban J connectivity index is 2.41. The molecule has 3 heteroatoms. The summed E-state index contributed by atoms with van der Waals surface area (Å²) in [5.41, 5.74) is 2.33. The summed E-state index contributed by atoms with van der Waals surface area (Å²) in [6.45, 7) is 3.13. The second-order valence-corrected chi connectivity index (χ2v) is 4.59. The van der Waals surface area contributed by atoms with Crippen molar-refractivity contribution in [2.24, 2.45) is 0 Å². The molecule has 1 aliphatic heterocycles. The number of nitrogens with one attached hydrogen (secondary N) is 1. The summed E-state index contributed by atoms with van der Waals surface area (Å²) >= 11 is 0. The molecule has 0 aromatic heterocycles. The maximum atomic E-state index is 5.50. The molecule has 1 aliphatic rings. The van der Waals surface area contributed by atoms with Gasteiger partial charge in [0.05, 0.1) is 19.8 Å². The Labute approximate surface area is 103 Å². The molecule has 1 heterocycles. The molecule has 3 nitrogen and oxygen atoms in total. The van der Waals surface area contributed by atoms with Crippen molar-refractivity contribution in [3.05, 3.63) is 23.3 Å². The predicted molar refractivity (Wildman–Crippen MR) is 68.9 cm³/mol. The minimum Gasteiger partial charge on any atom is -0.496 e. The summed E-state index contributed by atoms with van der Waals surface area (Å²) in [6, 6.07) is 4.51. The van der Waals surface area contributed by atoms with Crippen LogP contribution in [0.1, 0.15) is 36.4 Å². The number of benzene rings is 1. The van der Waals surface area contributed by atoms with Gasteiger partial charge in [0.2, 0.25) is 0 Å². The van der Waals surface area contributed by atoms with Crippen molar-refractivity contribution in [3.63, 3.8) is 0 Å². The van der Waals surface area contributed by atoms with Crippen LogP contribution in [0.3, 0.4) is 0 Å². The summed E-state index contributed by atoms with van der Waals surface area (Å²) in [7, 11) is 3.45. The summed E-state index contributed by atoms with van der Waals surface area (Å²) in [5, 5.41) is 3.54. The molecule has 1 fully saturated rings. The molecule has 0 radical (unpaired) electrons. The predicted octanol–water partition coefficient (Wildman–Crippen LogP) is 2.83. The van der Waals surface area contributed by atoms with Gasteiger partial charge in [-0.3, -0.25) is 0 Å². The van der Waals surface area contributed by atoms with E-state index in [4.69, 9.17) is 9.47 Å². The third-order valence-corrected chi connectivity index (χ3v) is 3.35. The lowest BCUT2D eigenvalue weighted by atomic mass is 9.95. The van der Waals surface area contributed by atoms with Crippen LogP contribution in [0.15, 0.2) is 12.1 Å². The summed E-state index contributed by atoms with van der Waals surface area (Å²) < 4.78 is 11.0. The Morgan fingerprint density at radius 2 is 1.76 bits per heavy atom. The SMILES string of the molecule is COc1cc(C)cc(OC)c1C1CCCCN1. The molecule has 0 amide bonds. The van der Waals surface area contributed by atoms with Crippen LogP contribution in [0.25, 0.3) is 0 Å². The first-order valence-electron chi connectivity index (χ1n) is 6.22. The number of hydrogen-bond donors (Lipinski definition) is 1. The zero-order chi connectivity index (χ0) is 12.3. The number of piperidine rings is 1. The Bertz CT molecular complexity index is 359. The van der Waals surface area contributed by atoms with Gasteiger partial charge in [-0.15, -0.1) is 0 Å². The third kappa shape index (κ3) is 2.55. The molecule has 17 heavy (non-hydrogen) atoms. The second kappa shape index (κ2) is 5.41. The van der Waals surface area contributed by atoms with Crippen molar-refractivity contribution in [3.8, 4) is 11.5 Å². The molecular formula is C14H21NO2. The zero-order valence-corrected chi connectivity index (χ0v) is 10.9. The van der Waals surface area contributed by atoms with Crippen LogP contribution in [0.4, 0.5) is 0 Å². The molecule has 94 valence electrons. The van der Waals surface area contributed by atoms with Gasteiger partial charge in [-0.25, -0.2) is 0 Å². The smallest absolute Gasteiger partial charge is 0.127 e. The first-order chi connectivity index (χ1) is 8.26. The first kappa shape index (κ1) is 12.2. The lowest BCUT2D eigenvalue weighted by molar-refractivity contribution is 0.348. The van der Waals surface area contributed by atoms with Gasteiger partial charge < -0.3 is 14.8 Å². The lowest BCUT2D eigenvalue weighted by Gasteiger charge is -2.27. The van der Waals surface area contributed by atoms with Gasteiger partial charge in [-0.1, -0.05) is 6.42 Å². The number of aryl methyl sites for hydroxylation is 1. The Hall–Kier alpha value is -1.22. The molecule has 1 unspecified atom stereocenters. The molecule has 1 N–H and O–H groups in total. The normalized spacial score (nSPS) is 20.1. The maximum Gasteiger partial charge on any atom is 0.127 e. The van der Waals surface area contributed by atoms with Crippen LogP contribution in [-0.4, -0.2) is 20.8 Å². The summed E-state index contributed by atoms with van der Waals surface area (Å²) in [5.74, 6) is 1.86. The fraction of sp³-hybridized carbons (Fsp3) is 0.571. The van der Waals surface area contributed by atoms with Crippen molar-refractivity contribution in [2.45, 2.75) is 32.2 Å². The first-order valence-corrected chi connectivity index (χ1v) is 6.22. The van der Waals surface area contributed by atoms with Crippen LogP contribution in [0.5, 0.6) is 11.5 Å². The Morgan fingerprint density at radius 1 is 1.12 bits per heavy atom. The van der Waals surface area contributed by atoms with E-state index in [9.17, 15) is 0 Å². The summed E-state index contributed by atoms with van der Waals surface area (Å²) in [6.07, 6.45) is 3.67. The molecule has 0 saturated carbocycles. The lowest BCUT2D eigenvalue weighted by Crippen LogP contribution is -2.27. The number of hydrogen-bond acceptors (Lipinski definition) is 3. The van der Waals surface area contributed by atoms with Gasteiger partial charge in [0.15, 0.2) is 0 Å². The van der Waals surface area contributed by atoms with Gasteiger partial charge in [-0.2, -0.15) is 0 Å². The number of ether oxygens (including phenoxy) is 2. The minimum atomic E-state index is 0.356. The summed E-state index contributed by atoms with van der Waals surface area (Å²) in [4.78, 5) is 0. The highest BCUT2D eigenvalue weighted by atomic mass is 16.5. The Morgan fingerprint density at radius 3 is 2.24 bits per heavy atom. The third-order valence-electron chi connectivity index (χ3n) is 3.35. The van der Waals surface area contributed by atoms with E-state index in [0.717, 1.165) is 24.5 Å². The average Bonchev–Trinajstić information content (AvgIpc) is 2.38. The molecule has 1 atom stereocenters. The van der Waals surface area contributed by atoms with E-state index in [2.05, 4.69) is 24.4 Å². The van der Waals surface area contributed by atoms with Crippen molar-refractivity contribution in [1.82, 2.24) is 5.32 Å². The van der Waals surface area contributed by atoms with Crippen molar-refractivity contribution in [2.75, 3.05) is 20.8 Å². The maximum absolute atomic E-state index is 5.50. The van der Waals surface area contributed by atoms with E-state index in [-0.39, 0.29) is 0 Å². The fourth-order valence-electron chi connectivity index (χ4n) is 2.51. The molecule has 1 aromatic carbocycles. The van der Waals surface area contributed by atoms with E-state index >= 15 is 0 Å².